The number of ketones is 1. The summed E-state index contributed by atoms with van der Waals surface area (Å²) in [5, 5.41) is 3.35. The number of nitrogens with two attached hydrogens (primary N) is 1. The molecule has 1 unspecified atom stereocenters. The molecule has 1 aliphatic heterocycles. The van der Waals surface area contributed by atoms with Gasteiger partial charge >= 0.3 is 0 Å². The van der Waals surface area contributed by atoms with Crippen molar-refractivity contribution < 1.29 is 9.53 Å². The maximum Gasteiger partial charge on any atom is 0.180 e. The van der Waals surface area contributed by atoms with E-state index in [9.17, 15) is 4.79 Å². The highest BCUT2D eigenvalue weighted by atomic mass is 35.5. The highest BCUT2D eigenvalue weighted by molar-refractivity contribution is 5.99. The van der Waals surface area contributed by atoms with E-state index in [0.29, 0.717) is 23.8 Å². The number of ether oxygens (including phenoxy) is 1. The van der Waals surface area contributed by atoms with E-state index in [1.807, 2.05) is 18.2 Å². The van der Waals surface area contributed by atoms with Crippen LogP contribution in [-0.2, 0) is 0 Å². The van der Waals surface area contributed by atoms with Crippen molar-refractivity contribution in [2.24, 2.45) is 11.7 Å². The standard InChI is InChI=1S/C14H20N2O2.ClH/c15-8-13(17)12-5-1-2-6-14(12)18-10-11-4-3-7-16-9-11;/h1-2,5-6,11,16H,3-4,7-10,15H2;1H. The summed E-state index contributed by atoms with van der Waals surface area (Å²) < 4.78 is 5.78. The second-order valence-electron chi connectivity index (χ2n) is 4.65. The second-order valence-corrected chi connectivity index (χ2v) is 4.65. The molecule has 19 heavy (non-hydrogen) atoms. The number of nitrogens with one attached hydrogen (secondary N) is 1. The topological polar surface area (TPSA) is 64.4 Å². The number of hydrogen-bond donors (Lipinski definition) is 2. The Bertz CT molecular complexity index is 406. The fourth-order valence-electron chi connectivity index (χ4n) is 2.21. The number of rotatable bonds is 5. The summed E-state index contributed by atoms with van der Waals surface area (Å²) in [6.07, 6.45) is 2.37. The Hall–Kier alpha value is -1.10. The van der Waals surface area contributed by atoms with Crippen LogP contribution in [0.1, 0.15) is 23.2 Å². The Kier molecular flexibility index (Phi) is 6.84. The van der Waals surface area contributed by atoms with Crippen molar-refractivity contribution in [2.45, 2.75) is 12.8 Å². The van der Waals surface area contributed by atoms with Crippen molar-refractivity contribution in [2.75, 3.05) is 26.2 Å². The molecule has 1 heterocycles. The summed E-state index contributed by atoms with van der Waals surface area (Å²) in [5.41, 5.74) is 5.98. The van der Waals surface area contributed by atoms with Crippen LogP contribution in [0.25, 0.3) is 0 Å². The molecule has 0 aromatic heterocycles. The third kappa shape index (κ3) is 4.49. The van der Waals surface area contributed by atoms with Gasteiger partial charge in [0.05, 0.1) is 18.7 Å². The molecular formula is C14H21ClN2O2. The lowest BCUT2D eigenvalue weighted by molar-refractivity contribution is 0.0996. The summed E-state index contributed by atoms with van der Waals surface area (Å²) in [6.45, 7) is 2.76. The van der Waals surface area contributed by atoms with Gasteiger partial charge < -0.3 is 15.8 Å². The van der Waals surface area contributed by atoms with E-state index in [1.165, 1.54) is 12.8 Å². The van der Waals surface area contributed by atoms with Crippen LogP contribution in [-0.4, -0.2) is 32.0 Å². The Labute approximate surface area is 120 Å². The van der Waals surface area contributed by atoms with Crippen molar-refractivity contribution in [1.82, 2.24) is 5.32 Å². The van der Waals surface area contributed by atoms with Gasteiger partial charge in [0.1, 0.15) is 5.75 Å². The van der Waals surface area contributed by atoms with Crippen molar-refractivity contribution in [3.8, 4) is 5.75 Å². The van der Waals surface area contributed by atoms with Gasteiger partial charge in [0, 0.05) is 12.5 Å². The first kappa shape index (κ1) is 16.0. The van der Waals surface area contributed by atoms with Crippen molar-refractivity contribution >= 4 is 18.2 Å². The van der Waals surface area contributed by atoms with Crippen molar-refractivity contribution in [3.05, 3.63) is 29.8 Å². The molecule has 0 amide bonds. The molecule has 5 heteroatoms. The third-order valence-corrected chi connectivity index (χ3v) is 3.25. The van der Waals surface area contributed by atoms with Crippen LogP contribution in [0.5, 0.6) is 5.75 Å². The number of benzene rings is 1. The van der Waals surface area contributed by atoms with Crippen molar-refractivity contribution in [1.29, 1.82) is 0 Å². The molecule has 1 aliphatic rings. The predicted molar refractivity (Wildman–Crippen MR) is 78.2 cm³/mol. The first-order chi connectivity index (χ1) is 8.81. The van der Waals surface area contributed by atoms with Crippen LogP contribution in [0.2, 0.25) is 0 Å². The van der Waals surface area contributed by atoms with Gasteiger partial charge in [-0.05, 0) is 31.5 Å². The summed E-state index contributed by atoms with van der Waals surface area (Å²) in [4.78, 5) is 11.7. The summed E-state index contributed by atoms with van der Waals surface area (Å²) in [7, 11) is 0. The number of para-hydroxylation sites is 1. The predicted octanol–water partition coefficient (Wildman–Crippen LogP) is 1.63. The van der Waals surface area contributed by atoms with Gasteiger partial charge in [0.15, 0.2) is 5.78 Å². The molecule has 3 N–H and O–H groups in total. The summed E-state index contributed by atoms with van der Waals surface area (Å²) in [5.74, 6) is 1.10. The van der Waals surface area contributed by atoms with Crippen LogP contribution in [0.15, 0.2) is 24.3 Å². The van der Waals surface area contributed by atoms with Gasteiger partial charge in [-0.15, -0.1) is 12.4 Å². The van der Waals surface area contributed by atoms with E-state index in [1.54, 1.807) is 6.07 Å². The normalized spacial score (nSPS) is 18.5. The van der Waals surface area contributed by atoms with Gasteiger partial charge in [0.2, 0.25) is 0 Å². The van der Waals surface area contributed by atoms with Crippen LogP contribution in [0.4, 0.5) is 0 Å². The lowest BCUT2D eigenvalue weighted by Crippen LogP contribution is -2.33. The molecule has 1 saturated heterocycles. The highest BCUT2D eigenvalue weighted by Gasteiger charge is 2.15. The molecule has 1 aromatic carbocycles. The second kappa shape index (κ2) is 8.15. The number of carbonyl (C=O) groups excluding carboxylic acids is 1. The van der Waals surface area contributed by atoms with E-state index >= 15 is 0 Å². The molecular weight excluding hydrogens is 264 g/mol. The molecule has 0 radical (unpaired) electrons. The fourth-order valence-corrected chi connectivity index (χ4v) is 2.21. The van der Waals surface area contributed by atoms with Gasteiger partial charge in [-0.3, -0.25) is 4.79 Å². The highest BCUT2D eigenvalue weighted by Crippen LogP contribution is 2.20. The number of Topliss-reactive ketones (excluding diaryl/α,β-unsaturated/α-hetero) is 1. The zero-order valence-electron chi connectivity index (χ0n) is 10.9. The minimum absolute atomic E-state index is 0. The quantitative estimate of drug-likeness (QED) is 0.807. The number of hydrogen-bond acceptors (Lipinski definition) is 4. The van der Waals surface area contributed by atoms with Gasteiger partial charge in [-0.25, -0.2) is 0 Å². The number of halogens is 1. The van der Waals surface area contributed by atoms with Gasteiger partial charge in [-0.2, -0.15) is 0 Å². The molecule has 2 rings (SSSR count). The number of carbonyl (C=O) groups is 1. The van der Waals surface area contributed by atoms with E-state index in [-0.39, 0.29) is 24.7 Å². The minimum atomic E-state index is -0.0765. The molecule has 0 bridgehead atoms. The Balaban J connectivity index is 0.00000180. The molecule has 4 nitrogen and oxygen atoms in total. The fraction of sp³-hybridized carbons (Fsp3) is 0.500. The molecule has 0 spiro atoms. The molecule has 1 atom stereocenters. The zero-order chi connectivity index (χ0) is 12.8. The SMILES string of the molecule is Cl.NCC(=O)c1ccccc1OCC1CCCNC1. The zero-order valence-corrected chi connectivity index (χ0v) is 11.7. The van der Waals surface area contributed by atoms with Gasteiger partial charge in [0.25, 0.3) is 0 Å². The van der Waals surface area contributed by atoms with Crippen LogP contribution >= 0.6 is 12.4 Å². The molecule has 106 valence electrons. The first-order valence-electron chi connectivity index (χ1n) is 6.47. The Morgan fingerprint density at radius 1 is 1.42 bits per heavy atom. The lowest BCUT2D eigenvalue weighted by Gasteiger charge is -2.23. The van der Waals surface area contributed by atoms with E-state index < -0.39 is 0 Å². The summed E-state index contributed by atoms with van der Waals surface area (Å²) >= 11 is 0. The van der Waals surface area contributed by atoms with Crippen LogP contribution in [0, 0.1) is 5.92 Å². The molecule has 1 fully saturated rings. The van der Waals surface area contributed by atoms with Gasteiger partial charge in [-0.1, -0.05) is 12.1 Å². The maximum atomic E-state index is 11.7. The summed E-state index contributed by atoms with van der Waals surface area (Å²) in [6, 6.07) is 7.31. The Morgan fingerprint density at radius 2 is 2.21 bits per heavy atom. The average molecular weight is 285 g/mol. The smallest absolute Gasteiger partial charge is 0.180 e. The molecule has 0 saturated carbocycles. The Morgan fingerprint density at radius 3 is 2.89 bits per heavy atom. The molecule has 0 aliphatic carbocycles. The largest absolute Gasteiger partial charge is 0.492 e. The molecule has 1 aromatic rings. The van der Waals surface area contributed by atoms with E-state index in [2.05, 4.69) is 5.32 Å². The number of piperidine rings is 1. The minimum Gasteiger partial charge on any atom is -0.492 e. The average Bonchev–Trinajstić information content (AvgIpc) is 2.45. The van der Waals surface area contributed by atoms with E-state index in [0.717, 1.165) is 13.1 Å². The third-order valence-electron chi connectivity index (χ3n) is 3.25. The lowest BCUT2D eigenvalue weighted by atomic mass is 10.0. The van der Waals surface area contributed by atoms with Crippen molar-refractivity contribution in [3.63, 3.8) is 0 Å². The van der Waals surface area contributed by atoms with E-state index in [4.69, 9.17) is 10.5 Å². The first-order valence-corrected chi connectivity index (χ1v) is 6.47. The maximum absolute atomic E-state index is 11.7. The van der Waals surface area contributed by atoms with Crippen LogP contribution in [0.3, 0.4) is 0 Å². The van der Waals surface area contributed by atoms with Crippen LogP contribution < -0.4 is 15.8 Å². The monoisotopic (exact) mass is 284 g/mol.